The number of aromatic amines is 1. The predicted octanol–water partition coefficient (Wildman–Crippen LogP) is 3.80. The number of benzene rings is 2. The first-order valence-corrected chi connectivity index (χ1v) is 10.3. The number of methoxy groups -OCH3 is 1. The molecule has 2 aliphatic carbocycles. The van der Waals surface area contributed by atoms with Gasteiger partial charge in [-0.25, -0.2) is 0 Å². The summed E-state index contributed by atoms with van der Waals surface area (Å²) >= 11 is 0. The molecule has 0 radical (unpaired) electrons. The molecule has 6 rings (SSSR count). The van der Waals surface area contributed by atoms with Crippen LogP contribution in [0.4, 0.5) is 0 Å². The summed E-state index contributed by atoms with van der Waals surface area (Å²) < 4.78 is 5.50. The van der Waals surface area contributed by atoms with E-state index < -0.39 is 0 Å². The molecule has 3 aromatic rings. The molecule has 1 aromatic heterocycles. The lowest BCUT2D eigenvalue weighted by atomic mass is 9.52. The monoisotopic (exact) mass is 374 g/mol. The highest BCUT2D eigenvalue weighted by Gasteiger charge is 2.56. The summed E-state index contributed by atoms with van der Waals surface area (Å²) in [6.07, 6.45) is 4.13. The van der Waals surface area contributed by atoms with Gasteiger partial charge in [0.15, 0.2) is 11.5 Å². The van der Waals surface area contributed by atoms with Gasteiger partial charge in [0, 0.05) is 33.6 Å². The second kappa shape index (κ2) is 5.54. The van der Waals surface area contributed by atoms with Crippen molar-refractivity contribution >= 4 is 10.9 Å². The van der Waals surface area contributed by atoms with Gasteiger partial charge in [-0.05, 0) is 68.5 Å². The lowest BCUT2D eigenvalue weighted by Gasteiger charge is -2.58. The number of rotatable bonds is 1. The molecule has 3 atom stereocenters. The minimum atomic E-state index is -0.0166. The van der Waals surface area contributed by atoms with Gasteiger partial charge >= 0.3 is 0 Å². The second-order valence-electron chi connectivity index (χ2n) is 8.92. The number of aromatic hydroxyl groups is 1. The first-order valence-electron chi connectivity index (χ1n) is 10.3. The Morgan fingerprint density at radius 1 is 1.18 bits per heavy atom. The molecule has 3 aliphatic rings. The van der Waals surface area contributed by atoms with Crippen molar-refractivity contribution < 1.29 is 9.84 Å². The average molecular weight is 374 g/mol. The van der Waals surface area contributed by atoms with Crippen LogP contribution in [0.2, 0.25) is 0 Å². The number of hydrogen-bond donors (Lipinski definition) is 2. The molecule has 2 N–H and O–H groups in total. The molecule has 1 aliphatic heterocycles. The number of piperidine rings is 1. The van der Waals surface area contributed by atoms with Crippen molar-refractivity contribution in [2.75, 3.05) is 20.7 Å². The molecule has 2 heterocycles. The standard InChI is InChI=1S/C24H26N2O2/c1-26-10-9-24-13-19-16(15-5-3-4-6-18(15)25-19)12-17(24)20(26)11-14-7-8-21(28-2)23(27)22(14)24/h3-8,17,20,25,27H,9-13H2,1-2H3/t17-,20+,24-/m0/s1. The van der Waals surface area contributed by atoms with Gasteiger partial charge in [-0.3, -0.25) is 0 Å². The number of phenols is 1. The van der Waals surface area contributed by atoms with Gasteiger partial charge in [0.25, 0.3) is 0 Å². The quantitative estimate of drug-likeness (QED) is 0.681. The largest absolute Gasteiger partial charge is 0.504 e. The number of para-hydroxylation sites is 1. The maximum atomic E-state index is 11.2. The zero-order chi connectivity index (χ0) is 19.0. The molecule has 144 valence electrons. The number of nitrogens with zero attached hydrogens (tertiary/aromatic N) is 1. The molecule has 0 spiro atoms. The van der Waals surface area contributed by atoms with E-state index in [0.717, 1.165) is 37.8 Å². The Kier molecular flexibility index (Phi) is 3.26. The van der Waals surface area contributed by atoms with Gasteiger partial charge in [0.05, 0.1) is 7.11 Å². The van der Waals surface area contributed by atoms with Crippen LogP contribution >= 0.6 is 0 Å². The summed E-state index contributed by atoms with van der Waals surface area (Å²) in [5.41, 5.74) is 6.52. The van der Waals surface area contributed by atoms with E-state index in [1.165, 1.54) is 27.7 Å². The van der Waals surface area contributed by atoms with Gasteiger partial charge in [0.1, 0.15) is 0 Å². The Morgan fingerprint density at radius 3 is 2.89 bits per heavy atom. The molecule has 4 heteroatoms. The number of phenolic OH excluding ortho intramolecular Hbond substituents is 1. The Bertz CT molecular complexity index is 1100. The van der Waals surface area contributed by atoms with Crippen LogP contribution in [0.15, 0.2) is 36.4 Å². The van der Waals surface area contributed by atoms with Crippen LogP contribution in [0.25, 0.3) is 10.9 Å². The van der Waals surface area contributed by atoms with E-state index in [9.17, 15) is 5.11 Å². The number of hydrogen-bond acceptors (Lipinski definition) is 3. The second-order valence-corrected chi connectivity index (χ2v) is 8.92. The van der Waals surface area contributed by atoms with Gasteiger partial charge in [-0.15, -0.1) is 0 Å². The minimum Gasteiger partial charge on any atom is -0.504 e. The molecule has 1 saturated heterocycles. The molecular formula is C24H26N2O2. The fourth-order valence-corrected chi connectivity index (χ4v) is 6.56. The highest BCUT2D eigenvalue weighted by Crippen LogP contribution is 2.58. The van der Waals surface area contributed by atoms with E-state index >= 15 is 0 Å². The van der Waals surface area contributed by atoms with Crippen molar-refractivity contribution in [3.05, 3.63) is 58.8 Å². The molecule has 0 unspecified atom stereocenters. The van der Waals surface area contributed by atoms with Crippen molar-refractivity contribution in [3.63, 3.8) is 0 Å². The highest BCUT2D eigenvalue weighted by molar-refractivity contribution is 5.85. The fourth-order valence-electron chi connectivity index (χ4n) is 6.56. The Hall–Kier alpha value is -2.46. The third-order valence-electron chi connectivity index (χ3n) is 7.84. The van der Waals surface area contributed by atoms with Gasteiger partial charge in [-0.2, -0.15) is 0 Å². The molecular weight excluding hydrogens is 348 g/mol. The topological polar surface area (TPSA) is 48.5 Å². The molecule has 0 saturated carbocycles. The number of likely N-dealkylation sites (tertiary alicyclic amines) is 1. The number of ether oxygens (including phenoxy) is 1. The molecule has 0 amide bonds. The zero-order valence-corrected chi connectivity index (χ0v) is 16.5. The van der Waals surface area contributed by atoms with Crippen LogP contribution in [0, 0.1) is 5.92 Å². The summed E-state index contributed by atoms with van der Waals surface area (Å²) in [4.78, 5) is 6.26. The van der Waals surface area contributed by atoms with Crippen LogP contribution in [0.1, 0.15) is 28.8 Å². The summed E-state index contributed by atoms with van der Waals surface area (Å²) in [7, 11) is 3.92. The van der Waals surface area contributed by atoms with E-state index in [1.54, 1.807) is 7.11 Å². The Balaban J connectivity index is 1.61. The summed E-state index contributed by atoms with van der Waals surface area (Å²) in [6, 6.07) is 13.3. The highest BCUT2D eigenvalue weighted by atomic mass is 16.5. The lowest BCUT2D eigenvalue weighted by molar-refractivity contribution is 0.0225. The molecule has 4 nitrogen and oxygen atoms in total. The lowest BCUT2D eigenvalue weighted by Crippen LogP contribution is -2.61. The summed E-state index contributed by atoms with van der Waals surface area (Å²) in [6.45, 7) is 1.08. The van der Waals surface area contributed by atoms with Crippen LogP contribution < -0.4 is 4.74 Å². The smallest absolute Gasteiger partial charge is 0.161 e. The minimum absolute atomic E-state index is 0.0166. The predicted molar refractivity (Wildman–Crippen MR) is 110 cm³/mol. The number of fused-ring (bicyclic) bond motifs is 4. The number of likely N-dealkylation sites (N-methyl/N-ethyl adjacent to an activating group) is 1. The zero-order valence-electron chi connectivity index (χ0n) is 16.5. The number of nitrogens with one attached hydrogen (secondary N) is 1. The average Bonchev–Trinajstić information content (AvgIpc) is 3.06. The summed E-state index contributed by atoms with van der Waals surface area (Å²) in [5.74, 6) is 1.49. The summed E-state index contributed by atoms with van der Waals surface area (Å²) in [5, 5.41) is 12.6. The SMILES string of the molecule is COc1ccc2c(c1O)[C@]13CCN(C)[C@H](C2)[C@@H]1Cc1c([nH]c2ccccc12)C3. The molecule has 2 bridgehead atoms. The number of H-pyrrole nitrogens is 1. The van der Waals surface area contributed by atoms with Crippen LogP contribution in [-0.2, 0) is 24.7 Å². The van der Waals surface area contributed by atoms with Crippen molar-refractivity contribution in [2.45, 2.75) is 37.1 Å². The third-order valence-corrected chi connectivity index (χ3v) is 7.84. The molecule has 2 aromatic carbocycles. The van der Waals surface area contributed by atoms with Crippen molar-refractivity contribution in [1.29, 1.82) is 0 Å². The number of aromatic nitrogens is 1. The van der Waals surface area contributed by atoms with E-state index in [-0.39, 0.29) is 5.41 Å². The molecule has 1 fully saturated rings. The van der Waals surface area contributed by atoms with Gasteiger partial charge in [0.2, 0.25) is 0 Å². The first-order chi connectivity index (χ1) is 13.6. The van der Waals surface area contributed by atoms with Crippen LogP contribution in [-0.4, -0.2) is 41.7 Å². The van der Waals surface area contributed by atoms with Crippen LogP contribution in [0.5, 0.6) is 11.5 Å². The van der Waals surface area contributed by atoms with E-state index in [0.29, 0.717) is 23.5 Å². The van der Waals surface area contributed by atoms with E-state index in [2.05, 4.69) is 47.3 Å². The fraction of sp³-hybridized carbons (Fsp3) is 0.417. The maximum absolute atomic E-state index is 11.2. The Morgan fingerprint density at radius 2 is 2.04 bits per heavy atom. The van der Waals surface area contributed by atoms with Crippen molar-refractivity contribution in [2.24, 2.45) is 5.92 Å². The van der Waals surface area contributed by atoms with Gasteiger partial charge in [-0.1, -0.05) is 24.3 Å². The third kappa shape index (κ3) is 1.94. The van der Waals surface area contributed by atoms with Crippen molar-refractivity contribution in [1.82, 2.24) is 9.88 Å². The first kappa shape index (κ1) is 16.5. The Labute approximate surface area is 165 Å². The maximum Gasteiger partial charge on any atom is 0.161 e. The normalized spacial score (nSPS) is 28.5. The molecule has 28 heavy (non-hydrogen) atoms. The van der Waals surface area contributed by atoms with E-state index in [1.807, 2.05) is 6.07 Å². The van der Waals surface area contributed by atoms with E-state index in [4.69, 9.17) is 4.74 Å². The van der Waals surface area contributed by atoms with Crippen LogP contribution in [0.3, 0.4) is 0 Å². The van der Waals surface area contributed by atoms with Crippen molar-refractivity contribution in [3.8, 4) is 11.5 Å². The van der Waals surface area contributed by atoms with Gasteiger partial charge < -0.3 is 19.7 Å².